The minimum absolute atomic E-state index is 0.797. The summed E-state index contributed by atoms with van der Waals surface area (Å²) < 4.78 is 0. The summed E-state index contributed by atoms with van der Waals surface area (Å²) in [4.78, 5) is 2.16. The minimum Gasteiger partial charge on any atom is -0.399 e. The first kappa shape index (κ1) is 12.5. The third-order valence-electron chi connectivity index (χ3n) is 3.14. The summed E-state index contributed by atoms with van der Waals surface area (Å²) in [5, 5.41) is 0. The standard InChI is InChI=1S/C16H20N2/c1-3-4-13-5-9-15(10-6-13)18(2)16-11-7-14(17)8-12-16/h5-12H,3-4,17H2,1-2H3. The number of rotatable bonds is 4. The van der Waals surface area contributed by atoms with Gasteiger partial charge in [-0.15, -0.1) is 0 Å². The molecule has 0 amide bonds. The maximum atomic E-state index is 5.70. The van der Waals surface area contributed by atoms with E-state index in [0.717, 1.165) is 17.8 Å². The number of nitrogens with two attached hydrogens (primary N) is 1. The fraction of sp³-hybridized carbons (Fsp3) is 0.250. The highest BCUT2D eigenvalue weighted by Crippen LogP contribution is 2.24. The Morgan fingerprint density at radius 1 is 0.889 bits per heavy atom. The lowest BCUT2D eigenvalue weighted by Crippen LogP contribution is -2.09. The third-order valence-corrected chi connectivity index (χ3v) is 3.14. The van der Waals surface area contributed by atoms with Crippen LogP contribution in [0.25, 0.3) is 0 Å². The normalized spacial score (nSPS) is 10.3. The van der Waals surface area contributed by atoms with Crippen molar-refractivity contribution in [2.24, 2.45) is 0 Å². The lowest BCUT2D eigenvalue weighted by molar-refractivity contribution is 0.921. The lowest BCUT2D eigenvalue weighted by Gasteiger charge is -2.20. The van der Waals surface area contributed by atoms with Gasteiger partial charge in [0.2, 0.25) is 0 Å². The molecule has 0 aliphatic heterocycles. The summed E-state index contributed by atoms with van der Waals surface area (Å²) in [5.41, 5.74) is 10.2. The Kier molecular flexibility index (Phi) is 3.88. The van der Waals surface area contributed by atoms with Crippen LogP contribution < -0.4 is 10.6 Å². The minimum atomic E-state index is 0.797. The molecule has 0 aliphatic carbocycles. The van der Waals surface area contributed by atoms with Gasteiger partial charge in [-0.25, -0.2) is 0 Å². The van der Waals surface area contributed by atoms with E-state index in [0.29, 0.717) is 0 Å². The molecule has 18 heavy (non-hydrogen) atoms. The molecule has 0 heterocycles. The van der Waals surface area contributed by atoms with Gasteiger partial charge in [0.15, 0.2) is 0 Å². The van der Waals surface area contributed by atoms with E-state index in [1.807, 2.05) is 24.3 Å². The maximum absolute atomic E-state index is 5.70. The molecule has 2 rings (SSSR count). The number of hydrogen-bond donors (Lipinski definition) is 1. The van der Waals surface area contributed by atoms with Crippen molar-refractivity contribution in [3.05, 3.63) is 54.1 Å². The summed E-state index contributed by atoms with van der Waals surface area (Å²) in [7, 11) is 2.07. The Hall–Kier alpha value is -1.96. The quantitative estimate of drug-likeness (QED) is 0.819. The molecule has 2 aromatic carbocycles. The van der Waals surface area contributed by atoms with Crippen molar-refractivity contribution in [2.45, 2.75) is 19.8 Å². The molecule has 0 spiro atoms. The van der Waals surface area contributed by atoms with Gasteiger partial charge < -0.3 is 10.6 Å². The van der Waals surface area contributed by atoms with Gasteiger partial charge in [0.05, 0.1) is 0 Å². The van der Waals surface area contributed by atoms with Gasteiger partial charge >= 0.3 is 0 Å². The van der Waals surface area contributed by atoms with E-state index in [-0.39, 0.29) is 0 Å². The molecular formula is C16H20N2. The highest BCUT2D eigenvalue weighted by Gasteiger charge is 2.03. The third kappa shape index (κ3) is 2.83. The Balaban J connectivity index is 2.17. The second-order valence-electron chi connectivity index (χ2n) is 4.57. The average molecular weight is 240 g/mol. The monoisotopic (exact) mass is 240 g/mol. The molecule has 2 nitrogen and oxygen atoms in total. The van der Waals surface area contributed by atoms with Crippen LogP contribution in [0.2, 0.25) is 0 Å². The molecule has 0 atom stereocenters. The molecule has 2 N–H and O–H groups in total. The summed E-state index contributed by atoms with van der Waals surface area (Å²) in [6.45, 7) is 2.20. The fourth-order valence-electron chi connectivity index (χ4n) is 2.02. The average Bonchev–Trinajstić information content (AvgIpc) is 2.40. The fourth-order valence-corrected chi connectivity index (χ4v) is 2.02. The van der Waals surface area contributed by atoms with E-state index in [1.165, 1.54) is 17.7 Å². The maximum Gasteiger partial charge on any atom is 0.0409 e. The Morgan fingerprint density at radius 3 is 1.89 bits per heavy atom. The van der Waals surface area contributed by atoms with Crippen LogP contribution in [0.1, 0.15) is 18.9 Å². The first-order valence-corrected chi connectivity index (χ1v) is 6.39. The molecule has 94 valence electrons. The van der Waals surface area contributed by atoms with Gasteiger partial charge in [-0.2, -0.15) is 0 Å². The van der Waals surface area contributed by atoms with Crippen LogP contribution in [0.5, 0.6) is 0 Å². The highest BCUT2D eigenvalue weighted by molar-refractivity contribution is 5.64. The second-order valence-corrected chi connectivity index (χ2v) is 4.57. The van der Waals surface area contributed by atoms with E-state index in [9.17, 15) is 0 Å². The van der Waals surface area contributed by atoms with Crippen LogP contribution in [-0.4, -0.2) is 7.05 Å². The van der Waals surface area contributed by atoms with E-state index in [1.54, 1.807) is 0 Å². The van der Waals surface area contributed by atoms with Gasteiger partial charge in [0.1, 0.15) is 0 Å². The molecule has 0 fully saturated rings. The lowest BCUT2D eigenvalue weighted by atomic mass is 10.1. The van der Waals surface area contributed by atoms with Crippen LogP contribution in [0.3, 0.4) is 0 Å². The van der Waals surface area contributed by atoms with Gasteiger partial charge in [-0.3, -0.25) is 0 Å². The molecule has 0 unspecified atom stereocenters. The van der Waals surface area contributed by atoms with Crippen molar-refractivity contribution in [3.63, 3.8) is 0 Å². The zero-order chi connectivity index (χ0) is 13.0. The van der Waals surface area contributed by atoms with Crippen LogP contribution in [0.15, 0.2) is 48.5 Å². The Bertz CT molecular complexity index is 486. The van der Waals surface area contributed by atoms with E-state index >= 15 is 0 Å². The Morgan fingerprint density at radius 2 is 1.39 bits per heavy atom. The number of hydrogen-bond acceptors (Lipinski definition) is 2. The second kappa shape index (κ2) is 5.58. The van der Waals surface area contributed by atoms with Gasteiger partial charge in [0, 0.05) is 24.1 Å². The van der Waals surface area contributed by atoms with Crippen molar-refractivity contribution in [2.75, 3.05) is 17.7 Å². The smallest absolute Gasteiger partial charge is 0.0409 e. The predicted octanol–water partition coefficient (Wildman–Crippen LogP) is 3.99. The van der Waals surface area contributed by atoms with Crippen molar-refractivity contribution in [1.29, 1.82) is 0 Å². The zero-order valence-corrected chi connectivity index (χ0v) is 11.1. The topological polar surface area (TPSA) is 29.3 Å². The number of nitrogens with zero attached hydrogens (tertiary/aromatic N) is 1. The first-order chi connectivity index (χ1) is 8.70. The molecule has 0 saturated carbocycles. The molecule has 0 bridgehead atoms. The van der Waals surface area contributed by atoms with Crippen molar-refractivity contribution < 1.29 is 0 Å². The SMILES string of the molecule is CCCc1ccc(N(C)c2ccc(N)cc2)cc1. The van der Waals surface area contributed by atoms with Crippen LogP contribution in [-0.2, 0) is 6.42 Å². The number of anilines is 3. The molecular weight excluding hydrogens is 220 g/mol. The number of benzene rings is 2. The first-order valence-electron chi connectivity index (χ1n) is 6.39. The van der Waals surface area contributed by atoms with Crippen LogP contribution in [0, 0.1) is 0 Å². The summed E-state index contributed by atoms with van der Waals surface area (Å²) in [6.07, 6.45) is 2.33. The number of aryl methyl sites for hydroxylation is 1. The van der Waals surface area contributed by atoms with Gasteiger partial charge in [-0.05, 0) is 48.4 Å². The molecule has 0 aliphatic rings. The largest absolute Gasteiger partial charge is 0.399 e. The zero-order valence-electron chi connectivity index (χ0n) is 11.1. The van der Waals surface area contributed by atoms with E-state index in [2.05, 4.69) is 43.1 Å². The van der Waals surface area contributed by atoms with Gasteiger partial charge in [-0.1, -0.05) is 25.5 Å². The van der Waals surface area contributed by atoms with Gasteiger partial charge in [0.25, 0.3) is 0 Å². The van der Waals surface area contributed by atoms with Crippen LogP contribution in [0.4, 0.5) is 17.1 Å². The van der Waals surface area contributed by atoms with Crippen molar-refractivity contribution in [1.82, 2.24) is 0 Å². The van der Waals surface area contributed by atoms with Crippen molar-refractivity contribution in [3.8, 4) is 0 Å². The molecule has 2 heteroatoms. The highest BCUT2D eigenvalue weighted by atomic mass is 15.1. The van der Waals surface area contributed by atoms with E-state index < -0.39 is 0 Å². The summed E-state index contributed by atoms with van der Waals surface area (Å²) in [6, 6.07) is 16.7. The number of nitrogen functional groups attached to an aromatic ring is 1. The van der Waals surface area contributed by atoms with Crippen LogP contribution >= 0.6 is 0 Å². The van der Waals surface area contributed by atoms with Crippen molar-refractivity contribution >= 4 is 17.1 Å². The molecule has 0 saturated heterocycles. The summed E-state index contributed by atoms with van der Waals surface area (Å²) in [5.74, 6) is 0. The van der Waals surface area contributed by atoms with E-state index in [4.69, 9.17) is 5.73 Å². The predicted molar refractivity (Wildman–Crippen MR) is 79.4 cm³/mol. The molecule has 0 radical (unpaired) electrons. The molecule has 2 aromatic rings. The molecule has 0 aromatic heterocycles. The Labute approximate surface area is 109 Å². The summed E-state index contributed by atoms with van der Waals surface area (Å²) >= 11 is 0.